The van der Waals surface area contributed by atoms with Crippen LogP contribution in [0.25, 0.3) is 71.5 Å². The summed E-state index contributed by atoms with van der Waals surface area (Å²) < 4.78 is 4.95. The first-order valence-corrected chi connectivity index (χ1v) is 19.2. The van der Waals surface area contributed by atoms with Gasteiger partial charge in [-0.05, 0) is 59.5 Å². The van der Waals surface area contributed by atoms with Crippen LogP contribution in [-0.4, -0.2) is 21.0 Å². The molecule has 4 heteroatoms. The van der Waals surface area contributed by atoms with Gasteiger partial charge in [0.25, 0.3) is 0 Å². The van der Waals surface area contributed by atoms with Crippen LogP contribution in [0.3, 0.4) is 0 Å². The van der Waals surface area contributed by atoms with Gasteiger partial charge in [0.2, 0.25) is 0 Å². The lowest BCUT2D eigenvalue weighted by Gasteiger charge is -2.32. The van der Waals surface area contributed by atoms with Crippen LogP contribution in [0.15, 0.2) is 193 Å². The molecule has 2 aliphatic rings. The minimum absolute atomic E-state index is 0.0949. The standard InChI is InChI=1S/C51H38N4/c1-33-17-8-9-24-38(33)51-52-43(34-18-4-2-5-19-34)32-44(53-51)35-20-16-23-37(31-35)55-46-30-15-13-28-42(46)48-47-41-27-12-14-29-45(41)54(36-21-6-3-7-22-36)49(47)39-25-10-11-26-40(39)50(48)55/h2-33,38,51,53H,1H3. The third-order valence-electron chi connectivity index (χ3n) is 11.6. The van der Waals surface area contributed by atoms with Crippen molar-refractivity contribution < 1.29 is 0 Å². The SMILES string of the molecule is CC1C=CC=CC1C1N=C(c2ccccc2)C=C(c2cccc(-n3c4ccccc4c4c5c6ccccc6n(-c6ccccc6)c5c5ccccc5c43)c2)N1. The molecule has 55 heavy (non-hydrogen) atoms. The van der Waals surface area contributed by atoms with Gasteiger partial charge in [-0.15, -0.1) is 0 Å². The first-order chi connectivity index (χ1) is 27.2. The van der Waals surface area contributed by atoms with Crippen molar-refractivity contribution in [3.8, 4) is 11.4 Å². The van der Waals surface area contributed by atoms with E-state index in [0.29, 0.717) is 5.92 Å². The van der Waals surface area contributed by atoms with Gasteiger partial charge >= 0.3 is 0 Å². The summed E-state index contributed by atoms with van der Waals surface area (Å²) >= 11 is 0. The molecule has 1 aliphatic heterocycles. The molecule has 0 radical (unpaired) electrons. The molecule has 1 aliphatic carbocycles. The van der Waals surface area contributed by atoms with E-state index in [0.717, 1.165) is 33.9 Å². The van der Waals surface area contributed by atoms with Crippen molar-refractivity contribution in [3.63, 3.8) is 0 Å². The molecule has 262 valence electrons. The summed E-state index contributed by atoms with van der Waals surface area (Å²) in [6, 6.07) is 57.1. The van der Waals surface area contributed by atoms with E-state index < -0.39 is 0 Å². The molecule has 3 atom stereocenters. The number of hydrogen-bond donors (Lipinski definition) is 1. The molecule has 7 aromatic carbocycles. The topological polar surface area (TPSA) is 34.2 Å². The number of para-hydroxylation sites is 3. The maximum atomic E-state index is 5.30. The Bertz CT molecular complexity index is 3080. The number of fused-ring (bicyclic) bond motifs is 10. The van der Waals surface area contributed by atoms with Crippen LogP contribution >= 0.6 is 0 Å². The molecule has 0 spiro atoms. The van der Waals surface area contributed by atoms with Crippen LogP contribution in [0.1, 0.15) is 18.1 Å². The summed E-state index contributed by atoms with van der Waals surface area (Å²) in [5.41, 5.74) is 11.5. The second-order valence-corrected chi connectivity index (χ2v) is 14.8. The summed E-state index contributed by atoms with van der Waals surface area (Å²) in [7, 11) is 0. The third-order valence-corrected chi connectivity index (χ3v) is 11.6. The minimum Gasteiger partial charge on any atom is -0.363 e. The van der Waals surface area contributed by atoms with Gasteiger partial charge in [-0.2, -0.15) is 0 Å². The molecule has 11 rings (SSSR count). The van der Waals surface area contributed by atoms with E-state index in [-0.39, 0.29) is 12.1 Å². The number of aliphatic imine (C=N–C) groups is 1. The highest BCUT2D eigenvalue weighted by atomic mass is 15.1. The maximum absolute atomic E-state index is 5.30. The predicted molar refractivity (Wildman–Crippen MR) is 231 cm³/mol. The molecule has 2 aromatic heterocycles. The van der Waals surface area contributed by atoms with Gasteiger partial charge in [0.1, 0.15) is 6.17 Å². The van der Waals surface area contributed by atoms with Crippen molar-refractivity contribution in [2.45, 2.75) is 13.1 Å². The normalized spacial score (nSPS) is 18.3. The van der Waals surface area contributed by atoms with E-state index in [1.807, 2.05) is 0 Å². The van der Waals surface area contributed by atoms with E-state index in [1.54, 1.807) is 0 Å². The van der Waals surface area contributed by atoms with Crippen LogP contribution in [0.5, 0.6) is 0 Å². The number of benzene rings is 7. The highest BCUT2D eigenvalue weighted by Gasteiger charge is 2.29. The quantitative estimate of drug-likeness (QED) is 0.190. The van der Waals surface area contributed by atoms with Gasteiger partial charge in [-0.1, -0.05) is 153 Å². The van der Waals surface area contributed by atoms with Gasteiger partial charge in [-0.25, -0.2) is 0 Å². The zero-order valence-electron chi connectivity index (χ0n) is 30.5. The molecule has 3 unspecified atom stereocenters. The number of aromatic nitrogens is 2. The molecule has 0 bridgehead atoms. The van der Waals surface area contributed by atoms with E-state index in [4.69, 9.17) is 4.99 Å². The van der Waals surface area contributed by atoms with Gasteiger partial charge in [0.05, 0.1) is 27.8 Å². The lowest BCUT2D eigenvalue weighted by atomic mass is 9.86. The Balaban J connectivity index is 1.18. The fraction of sp³-hybridized carbons (Fsp3) is 0.0784. The van der Waals surface area contributed by atoms with Crippen molar-refractivity contribution in [3.05, 3.63) is 199 Å². The zero-order chi connectivity index (χ0) is 36.5. The minimum atomic E-state index is -0.0949. The Kier molecular flexibility index (Phi) is 7.24. The Morgan fingerprint density at radius 2 is 1.04 bits per heavy atom. The summed E-state index contributed by atoms with van der Waals surface area (Å²) in [5.74, 6) is 0.601. The monoisotopic (exact) mass is 706 g/mol. The van der Waals surface area contributed by atoms with Crippen LogP contribution in [0, 0.1) is 11.8 Å². The number of allylic oxidation sites excluding steroid dienone is 4. The molecule has 4 nitrogen and oxygen atoms in total. The van der Waals surface area contributed by atoms with Crippen molar-refractivity contribution in [2.24, 2.45) is 16.8 Å². The van der Waals surface area contributed by atoms with E-state index in [2.05, 4.69) is 209 Å². The Labute approximate surface area is 319 Å². The summed E-state index contributed by atoms with van der Waals surface area (Å²) in [6.07, 6.45) is 11.0. The van der Waals surface area contributed by atoms with Crippen LogP contribution in [-0.2, 0) is 0 Å². The Hall–Kier alpha value is -6.91. The smallest absolute Gasteiger partial charge is 0.126 e. The third kappa shape index (κ3) is 4.95. The molecule has 1 N–H and O–H groups in total. The highest BCUT2D eigenvalue weighted by Crippen LogP contribution is 2.47. The van der Waals surface area contributed by atoms with Crippen LogP contribution in [0.4, 0.5) is 0 Å². The van der Waals surface area contributed by atoms with E-state index in [1.165, 1.54) is 54.4 Å². The number of rotatable bonds is 5. The average Bonchev–Trinajstić information content (AvgIpc) is 3.78. The molecule has 0 amide bonds. The molecular formula is C51H38N4. The van der Waals surface area contributed by atoms with Gasteiger partial charge in [0.15, 0.2) is 0 Å². The van der Waals surface area contributed by atoms with Crippen LogP contribution < -0.4 is 5.32 Å². The molecule has 0 fully saturated rings. The molecule has 0 saturated heterocycles. The lowest BCUT2D eigenvalue weighted by molar-refractivity contribution is 0.391. The Morgan fingerprint density at radius 1 is 0.509 bits per heavy atom. The molecule has 9 aromatic rings. The largest absolute Gasteiger partial charge is 0.363 e. The fourth-order valence-electron chi connectivity index (χ4n) is 9.12. The second kappa shape index (κ2) is 12.6. The fourth-order valence-corrected chi connectivity index (χ4v) is 9.12. The van der Waals surface area contributed by atoms with Gasteiger partial charge in [-0.3, -0.25) is 4.99 Å². The van der Waals surface area contributed by atoms with Crippen molar-refractivity contribution in [2.75, 3.05) is 0 Å². The lowest BCUT2D eigenvalue weighted by Crippen LogP contribution is -2.39. The maximum Gasteiger partial charge on any atom is 0.126 e. The Morgan fingerprint density at radius 3 is 1.69 bits per heavy atom. The summed E-state index contributed by atoms with van der Waals surface area (Å²) in [5, 5.41) is 11.4. The molecular weight excluding hydrogens is 669 g/mol. The van der Waals surface area contributed by atoms with Crippen LogP contribution in [0.2, 0.25) is 0 Å². The number of nitrogens with zero attached hydrogens (tertiary/aromatic N) is 3. The average molecular weight is 707 g/mol. The number of nitrogens with one attached hydrogen (secondary N) is 1. The van der Waals surface area contributed by atoms with Crippen molar-refractivity contribution >= 4 is 65.8 Å². The van der Waals surface area contributed by atoms with Crippen molar-refractivity contribution in [1.82, 2.24) is 14.5 Å². The predicted octanol–water partition coefficient (Wildman–Crippen LogP) is 12.2. The van der Waals surface area contributed by atoms with E-state index >= 15 is 0 Å². The summed E-state index contributed by atoms with van der Waals surface area (Å²) in [4.78, 5) is 5.30. The second-order valence-electron chi connectivity index (χ2n) is 14.8. The van der Waals surface area contributed by atoms with Crippen molar-refractivity contribution in [1.29, 1.82) is 0 Å². The van der Waals surface area contributed by atoms with Gasteiger partial charge in [0, 0.05) is 55.3 Å². The zero-order valence-corrected chi connectivity index (χ0v) is 30.5. The first-order valence-electron chi connectivity index (χ1n) is 19.2. The van der Waals surface area contributed by atoms with Gasteiger partial charge < -0.3 is 14.5 Å². The number of hydrogen-bond acceptors (Lipinski definition) is 2. The molecule has 0 saturated carbocycles. The molecule has 3 heterocycles. The summed E-state index contributed by atoms with van der Waals surface area (Å²) in [6.45, 7) is 2.28. The highest BCUT2D eigenvalue weighted by molar-refractivity contribution is 6.37. The first kappa shape index (κ1) is 31.6. The van der Waals surface area contributed by atoms with E-state index in [9.17, 15) is 0 Å².